The molecule has 0 spiro atoms. The number of fused-ring (bicyclic) bond motifs is 1. The zero-order valence-corrected chi connectivity index (χ0v) is 16.3. The highest BCUT2D eigenvalue weighted by molar-refractivity contribution is 7.17. The Morgan fingerprint density at radius 3 is 2.50 bits per heavy atom. The standard InChI is InChI=1S/C19H18Cl2N2O2S/c20-13-6-4-7-14(21)11(13)9-10-16(24)23-19-17(18(22)25)12-5-2-1-3-8-15(12)26-19/h4,6-7,9-10H,1-3,5,8H2,(H2,22,25)(H,23,24). The number of halogens is 2. The van der Waals surface area contributed by atoms with Crippen LogP contribution in [0.4, 0.5) is 5.00 Å². The topological polar surface area (TPSA) is 72.2 Å². The normalized spacial score (nSPS) is 14.1. The Kier molecular flexibility index (Phi) is 6.01. The third kappa shape index (κ3) is 4.11. The van der Waals surface area contributed by atoms with Gasteiger partial charge in [-0.2, -0.15) is 0 Å². The van der Waals surface area contributed by atoms with Gasteiger partial charge in [-0.3, -0.25) is 9.59 Å². The van der Waals surface area contributed by atoms with Gasteiger partial charge in [0.2, 0.25) is 5.91 Å². The minimum atomic E-state index is -0.502. The summed E-state index contributed by atoms with van der Waals surface area (Å²) in [7, 11) is 0. The first-order chi connectivity index (χ1) is 12.5. The summed E-state index contributed by atoms with van der Waals surface area (Å²) in [5, 5.41) is 4.22. The van der Waals surface area contributed by atoms with Gasteiger partial charge >= 0.3 is 0 Å². The number of hydrogen-bond acceptors (Lipinski definition) is 3. The zero-order valence-electron chi connectivity index (χ0n) is 14.0. The van der Waals surface area contributed by atoms with Crippen LogP contribution in [0.25, 0.3) is 6.08 Å². The van der Waals surface area contributed by atoms with Crippen LogP contribution in [0.1, 0.15) is 45.6 Å². The molecule has 2 amide bonds. The number of hydrogen-bond donors (Lipinski definition) is 2. The summed E-state index contributed by atoms with van der Waals surface area (Å²) in [6.07, 6.45) is 7.91. The van der Waals surface area contributed by atoms with E-state index in [9.17, 15) is 9.59 Å². The molecule has 0 radical (unpaired) electrons. The average Bonchev–Trinajstić information content (AvgIpc) is 2.75. The molecule has 1 aromatic heterocycles. The number of carbonyl (C=O) groups is 2. The van der Waals surface area contributed by atoms with Gasteiger partial charge in [-0.05, 0) is 49.5 Å². The van der Waals surface area contributed by atoms with Crippen LogP contribution >= 0.6 is 34.5 Å². The molecule has 1 aliphatic rings. The number of carbonyl (C=O) groups excluding carboxylic acids is 2. The number of nitrogens with two attached hydrogens (primary N) is 1. The Bertz CT molecular complexity index is 870. The third-order valence-electron chi connectivity index (χ3n) is 4.31. The Balaban J connectivity index is 1.83. The fourth-order valence-corrected chi connectivity index (χ4v) is 4.89. The second kappa shape index (κ2) is 8.25. The predicted octanol–water partition coefficient (Wildman–Crippen LogP) is 5.07. The Morgan fingerprint density at radius 2 is 1.81 bits per heavy atom. The molecule has 0 fully saturated rings. The molecule has 1 heterocycles. The number of primary amides is 1. The summed E-state index contributed by atoms with van der Waals surface area (Å²) < 4.78 is 0. The molecule has 3 N–H and O–H groups in total. The second-order valence-electron chi connectivity index (χ2n) is 6.09. The molecular weight excluding hydrogens is 391 g/mol. The molecule has 136 valence electrons. The molecule has 7 heteroatoms. The molecule has 0 bridgehead atoms. The fraction of sp³-hybridized carbons (Fsp3) is 0.263. The molecule has 0 atom stereocenters. The molecule has 0 aliphatic heterocycles. The minimum absolute atomic E-state index is 0.361. The summed E-state index contributed by atoms with van der Waals surface area (Å²) in [4.78, 5) is 25.4. The molecule has 0 saturated carbocycles. The lowest BCUT2D eigenvalue weighted by Gasteiger charge is -2.05. The van der Waals surface area contributed by atoms with Crippen molar-refractivity contribution in [3.8, 4) is 0 Å². The number of thiophene rings is 1. The Morgan fingerprint density at radius 1 is 1.12 bits per heavy atom. The third-order valence-corrected chi connectivity index (χ3v) is 6.17. The first-order valence-corrected chi connectivity index (χ1v) is 9.92. The van der Waals surface area contributed by atoms with Crippen molar-refractivity contribution in [2.75, 3.05) is 5.32 Å². The van der Waals surface area contributed by atoms with Crippen LogP contribution in [-0.4, -0.2) is 11.8 Å². The quantitative estimate of drug-likeness (QED) is 0.546. The van der Waals surface area contributed by atoms with E-state index in [2.05, 4.69) is 5.32 Å². The van der Waals surface area contributed by atoms with Crippen molar-refractivity contribution in [2.24, 2.45) is 5.73 Å². The van der Waals surface area contributed by atoms with E-state index >= 15 is 0 Å². The van der Waals surface area contributed by atoms with E-state index in [0.29, 0.717) is 26.2 Å². The Hall–Kier alpha value is -1.82. The van der Waals surface area contributed by atoms with Gasteiger partial charge in [-0.15, -0.1) is 11.3 Å². The zero-order chi connectivity index (χ0) is 18.7. The summed E-state index contributed by atoms with van der Waals surface area (Å²) >= 11 is 13.6. The van der Waals surface area contributed by atoms with Crippen molar-refractivity contribution in [1.82, 2.24) is 0 Å². The van der Waals surface area contributed by atoms with Crippen LogP contribution < -0.4 is 11.1 Å². The van der Waals surface area contributed by atoms with E-state index in [4.69, 9.17) is 28.9 Å². The smallest absolute Gasteiger partial charge is 0.251 e. The maximum atomic E-state index is 12.3. The molecule has 1 aromatic carbocycles. The van der Waals surface area contributed by atoms with Gasteiger partial charge in [0, 0.05) is 26.6 Å². The van der Waals surface area contributed by atoms with Crippen LogP contribution in [0, 0.1) is 0 Å². The van der Waals surface area contributed by atoms with Crippen molar-refractivity contribution >= 4 is 57.4 Å². The van der Waals surface area contributed by atoms with Gasteiger partial charge in [0.25, 0.3) is 5.91 Å². The van der Waals surface area contributed by atoms with Crippen molar-refractivity contribution in [3.63, 3.8) is 0 Å². The second-order valence-corrected chi connectivity index (χ2v) is 8.01. The lowest BCUT2D eigenvalue weighted by Crippen LogP contribution is -2.16. The largest absolute Gasteiger partial charge is 0.365 e. The molecule has 3 rings (SSSR count). The molecule has 26 heavy (non-hydrogen) atoms. The summed E-state index contributed by atoms with van der Waals surface area (Å²) in [5.74, 6) is -0.863. The minimum Gasteiger partial charge on any atom is -0.365 e. The maximum absolute atomic E-state index is 12.3. The highest BCUT2D eigenvalue weighted by Gasteiger charge is 2.23. The molecule has 4 nitrogen and oxygen atoms in total. The van der Waals surface area contributed by atoms with Gasteiger partial charge in [0.15, 0.2) is 0 Å². The monoisotopic (exact) mass is 408 g/mol. The number of aryl methyl sites for hydroxylation is 1. The van der Waals surface area contributed by atoms with Crippen LogP contribution in [0.15, 0.2) is 24.3 Å². The van der Waals surface area contributed by atoms with E-state index in [-0.39, 0.29) is 5.91 Å². The summed E-state index contributed by atoms with van der Waals surface area (Å²) in [6, 6.07) is 5.14. The van der Waals surface area contributed by atoms with E-state index in [0.717, 1.165) is 42.5 Å². The number of rotatable bonds is 4. The van der Waals surface area contributed by atoms with Crippen molar-refractivity contribution < 1.29 is 9.59 Å². The Labute approximate surface area is 166 Å². The van der Waals surface area contributed by atoms with E-state index in [1.54, 1.807) is 24.3 Å². The maximum Gasteiger partial charge on any atom is 0.251 e. The van der Waals surface area contributed by atoms with Gasteiger partial charge in [-0.25, -0.2) is 0 Å². The lowest BCUT2D eigenvalue weighted by molar-refractivity contribution is -0.111. The van der Waals surface area contributed by atoms with Crippen molar-refractivity contribution in [1.29, 1.82) is 0 Å². The number of amides is 2. The van der Waals surface area contributed by atoms with E-state index < -0.39 is 5.91 Å². The van der Waals surface area contributed by atoms with Crippen molar-refractivity contribution in [3.05, 3.63) is 55.9 Å². The first kappa shape index (κ1) is 19.0. The van der Waals surface area contributed by atoms with Crippen LogP contribution in [0.2, 0.25) is 10.0 Å². The highest BCUT2D eigenvalue weighted by atomic mass is 35.5. The van der Waals surface area contributed by atoms with Crippen LogP contribution in [0.3, 0.4) is 0 Å². The van der Waals surface area contributed by atoms with Gasteiger partial charge in [0.05, 0.1) is 5.56 Å². The predicted molar refractivity (Wildman–Crippen MR) is 108 cm³/mol. The molecule has 0 unspecified atom stereocenters. The van der Waals surface area contributed by atoms with Crippen molar-refractivity contribution in [2.45, 2.75) is 32.1 Å². The first-order valence-electron chi connectivity index (χ1n) is 8.34. The molecular formula is C19H18Cl2N2O2S. The number of anilines is 1. The van der Waals surface area contributed by atoms with Gasteiger partial charge in [0.1, 0.15) is 5.00 Å². The summed E-state index contributed by atoms with van der Waals surface area (Å²) in [5.41, 5.74) is 7.59. The van der Waals surface area contributed by atoms with E-state index in [1.165, 1.54) is 17.4 Å². The van der Waals surface area contributed by atoms with Gasteiger partial charge < -0.3 is 11.1 Å². The summed E-state index contributed by atoms with van der Waals surface area (Å²) in [6.45, 7) is 0. The fourth-order valence-electron chi connectivity index (χ4n) is 3.07. The van der Waals surface area contributed by atoms with Crippen LogP contribution in [0.5, 0.6) is 0 Å². The highest BCUT2D eigenvalue weighted by Crippen LogP contribution is 2.37. The van der Waals surface area contributed by atoms with E-state index in [1.807, 2.05) is 0 Å². The van der Waals surface area contributed by atoms with Crippen LogP contribution in [-0.2, 0) is 17.6 Å². The number of nitrogens with one attached hydrogen (secondary N) is 1. The number of benzene rings is 1. The molecule has 2 aromatic rings. The lowest BCUT2D eigenvalue weighted by atomic mass is 10.1. The molecule has 1 aliphatic carbocycles. The SMILES string of the molecule is NC(=O)c1c(NC(=O)C=Cc2c(Cl)cccc2Cl)sc2c1CCCCC2. The average molecular weight is 409 g/mol. The van der Waals surface area contributed by atoms with Gasteiger partial charge in [-0.1, -0.05) is 35.7 Å². The molecule has 0 saturated heterocycles.